The van der Waals surface area contributed by atoms with Gasteiger partial charge in [-0.2, -0.15) is 0 Å². The van der Waals surface area contributed by atoms with E-state index < -0.39 is 0 Å². The van der Waals surface area contributed by atoms with Gasteiger partial charge in [-0.15, -0.1) is 0 Å². The molecule has 0 atom stereocenters. The molecule has 18 heavy (non-hydrogen) atoms. The number of hydrogen-bond donors (Lipinski definition) is 0. The van der Waals surface area contributed by atoms with Crippen molar-refractivity contribution in [1.29, 1.82) is 0 Å². The predicted molar refractivity (Wildman–Crippen MR) is 70.0 cm³/mol. The Morgan fingerprint density at radius 1 is 1.39 bits per heavy atom. The van der Waals surface area contributed by atoms with Crippen molar-refractivity contribution in [2.45, 2.75) is 26.2 Å². The molecule has 1 aromatic rings. The first-order chi connectivity index (χ1) is 8.47. The molecule has 1 aromatic carbocycles. The van der Waals surface area contributed by atoms with Gasteiger partial charge in [-0.1, -0.05) is 20.8 Å². The van der Waals surface area contributed by atoms with Gasteiger partial charge in [0.1, 0.15) is 5.75 Å². The Morgan fingerprint density at radius 3 is 2.78 bits per heavy atom. The molecule has 1 amide bonds. The van der Waals surface area contributed by atoms with Crippen LogP contribution in [0.3, 0.4) is 0 Å². The Bertz CT molecular complexity index is 501. The third-order valence-electron chi connectivity index (χ3n) is 3.90. The van der Waals surface area contributed by atoms with Gasteiger partial charge in [0.15, 0.2) is 0 Å². The van der Waals surface area contributed by atoms with Gasteiger partial charge in [0.05, 0.1) is 6.61 Å². The monoisotopic (exact) mass is 245 g/mol. The van der Waals surface area contributed by atoms with Crippen molar-refractivity contribution in [3.8, 4) is 5.75 Å². The summed E-state index contributed by atoms with van der Waals surface area (Å²) in [5, 5.41) is 0. The summed E-state index contributed by atoms with van der Waals surface area (Å²) in [4.78, 5) is 14.2. The molecule has 0 radical (unpaired) electrons. The zero-order chi connectivity index (χ0) is 12.9. The number of carbonyl (C=O) groups is 1. The molecule has 0 saturated carbocycles. The van der Waals surface area contributed by atoms with Gasteiger partial charge in [0, 0.05) is 29.6 Å². The molecule has 2 aliphatic heterocycles. The summed E-state index contributed by atoms with van der Waals surface area (Å²) in [6.45, 7) is 8.94. The summed E-state index contributed by atoms with van der Waals surface area (Å²) in [5.74, 6) is 1.72. The van der Waals surface area contributed by atoms with E-state index in [-0.39, 0.29) is 11.3 Å². The summed E-state index contributed by atoms with van der Waals surface area (Å²) in [5.41, 5.74) is 1.95. The molecule has 1 saturated heterocycles. The molecule has 0 aliphatic carbocycles. The minimum Gasteiger partial charge on any atom is -0.492 e. The first-order valence-corrected chi connectivity index (χ1v) is 6.54. The summed E-state index contributed by atoms with van der Waals surface area (Å²) in [7, 11) is 0. The van der Waals surface area contributed by atoms with Crippen LogP contribution in [0.25, 0.3) is 0 Å². The van der Waals surface area contributed by atoms with Crippen LogP contribution in [0.5, 0.6) is 5.75 Å². The summed E-state index contributed by atoms with van der Waals surface area (Å²) in [6, 6.07) is 5.82. The van der Waals surface area contributed by atoms with Crippen LogP contribution in [0.1, 0.15) is 36.7 Å². The number of fused-ring (bicyclic) bond motifs is 1. The average Bonchev–Trinajstić information content (AvgIpc) is 2.60. The lowest BCUT2D eigenvalue weighted by molar-refractivity contribution is 0.0530. The number of amides is 1. The molecule has 3 heteroatoms. The maximum Gasteiger partial charge on any atom is 0.253 e. The Balaban J connectivity index is 1.89. The highest BCUT2D eigenvalue weighted by Crippen LogP contribution is 2.39. The SMILES string of the molecule is CC1CN(C(=O)c2ccc3c(c2)C(C)(C)CO3)C1. The Kier molecular flexibility index (Phi) is 2.40. The quantitative estimate of drug-likeness (QED) is 0.760. The minimum absolute atomic E-state index is 0.00780. The van der Waals surface area contributed by atoms with Crippen molar-refractivity contribution in [3.63, 3.8) is 0 Å². The molecule has 96 valence electrons. The van der Waals surface area contributed by atoms with Crippen molar-refractivity contribution < 1.29 is 9.53 Å². The molecule has 0 aromatic heterocycles. The van der Waals surface area contributed by atoms with Crippen LogP contribution in [-0.2, 0) is 5.41 Å². The molecule has 2 heterocycles. The topological polar surface area (TPSA) is 29.5 Å². The van der Waals surface area contributed by atoms with Gasteiger partial charge in [0.2, 0.25) is 0 Å². The van der Waals surface area contributed by atoms with E-state index in [4.69, 9.17) is 4.74 Å². The lowest BCUT2D eigenvalue weighted by atomic mass is 9.86. The van der Waals surface area contributed by atoms with Crippen molar-refractivity contribution in [1.82, 2.24) is 4.90 Å². The van der Waals surface area contributed by atoms with E-state index in [0.717, 1.165) is 30.0 Å². The lowest BCUT2D eigenvalue weighted by Gasteiger charge is -2.37. The molecular weight excluding hydrogens is 226 g/mol. The number of likely N-dealkylation sites (tertiary alicyclic amines) is 1. The molecule has 0 spiro atoms. The van der Waals surface area contributed by atoms with E-state index in [9.17, 15) is 4.79 Å². The fourth-order valence-corrected chi connectivity index (χ4v) is 2.70. The smallest absolute Gasteiger partial charge is 0.253 e. The van der Waals surface area contributed by atoms with Gasteiger partial charge in [-0.3, -0.25) is 4.79 Å². The number of hydrogen-bond acceptors (Lipinski definition) is 2. The molecule has 3 rings (SSSR count). The number of carbonyl (C=O) groups excluding carboxylic acids is 1. The molecule has 0 N–H and O–H groups in total. The normalized spacial score (nSPS) is 21.2. The van der Waals surface area contributed by atoms with Gasteiger partial charge < -0.3 is 9.64 Å². The van der Waals surface area contributed by atoms with Crippen molar-refractivity contribution in [2.75, 3.05) is 19.7 Å². The Hall–Kier alpha value is -1.51. The fourth-order valence-electron chi connectivity index (χ4n) is 2.70. The van der Waals surface area contributed by atoms with Crippen LogP contribution in [0, 0.1) is 5.92 Å². The largest absolute Gasteiger partial charge is 0.492 e. The van der Waals surface area contributed by atoms with Gasteiger partial charge in [0.25, 0.3) is 5.91 Å². The minimum atomic E-state index is 0.00780. The number of ether oxygens (including phenoxy) is 1. The van der Waals surface area contributed by atoms with E-state index in [2.05, 4.69) is 20.8 Å². The Morgan fingerprint density at radius 2 is 2.11 bits per heavy atom. The standard InChI is InChI=1S/C15H19NO2/c1-10-7-16(8-10)14(17)11-4-5-13-12(6-11)15(2,3)9-18-13/h4-6,10H,7-9H2,1-3H3. The second-order valence-electron chi connectivity index (χ2n) is 6.20. The van der Waals surface area contributed by atoms with Crippen molar-refractivity contribution in [3.05, 3.63) is 29.3 Å². The van der Waals surface area contributed by atoms with Crippen molar-refractivity contribution >= 4 is 5.91 Å². The maximum absolute atomic E-state index is 12.3. The second kappa shape index (κ2) is 3.74. The molecule has 0 bridgehead atoms. The molecule has 2 aliphatic rings. The van der Waals surface area contributed by atoms with Crippen LogP contribution in [-0.4, -0.2) is 30.5 Å². The lowest BCUT2D eigenvalue weighted by Crippen LogP contribution is -2.48. The second-order valence-corrected chi connectivity index (χ2v) is 6.20. The van der Waals surface area contributed by atoms with E-state index in [1.54, 1.807) is 0 Å². The molecule has 0 unspecified atom stereocenters. The van der Waals surface area contributed by atoms with E-state index >= 15 is 0 Å². The first-order valence-electron chi connectivity index (χ1n) is 6.54. The van der Waals surface area contributed by atoms with Crippen LogP contribution in [0.15, 0.2) is 18.2 Å². The van der Waals surface area contributed by atoms with E-state index in [1.807, 2.05) is 23.1 Å². The van der Waals surface area contributed by atoms with Crippen molar-refractivity contribution in [2.24, 2.45) is 5.92 Å². The van der Waals surface area contributed by atoms with Gasteiger partial charge in [-0.05, 0) is 24.1 Å². The summed E-state index contributed by atoms with van der Waals surface area (Å²) in [6.07, 6.45) is 0. The first kappa shape index (κ1) is 11.6. The van der Waals surface area contributed by atoms with E-state index in [0.29, 0.717) is 12.5 Å². The van der Waals surface area contributed by atoms with E-state index in [1.165, 1.54) is 0 Å². The third kappa shape index (κ3) is 1.69. The predicted octanol–water partition coefficient (Wildman–Crippen LogP) is 2.45. The Labute approximate surface area is 108 Å². The molecule has 1 fully saturated rings. The van der Waals surface area contributed by atoms with Crippen LogP contribution in [0.2, 0.25) is 0 Å². The molecular formula is C15H19NO2. The zero-order valence-electron chi connectivity index (χ0n) is 11.2. The summed E-state index contributed by atoms with van der Waals surface area (Å²) < 4.78 is 5.64. The fraction of sp³-hybridized carbons (Fsp3) is 0.533. The summed E-state index contributed by atoms with van der Waals surface area (Å²) >= 11 is 0. The highest BCUT2D eigenvalue weighted by atomic mass is 16.5. The van der Waals surface area contributed by atoms with Crippen LogP contribution in [0.4, 0.5) is 0 Å². The highest BCUT2D eigenvalue weighted by molar-refractivity contribution is 5.95. The van der Waals surface area contributed by atoms with Crippen LogP contribution < -0.4 is 4.74 Å². The highest BCUT2D eigenvalue weighted by Gasteiger charge is 2.34. The third-order valence-corrected chi connectivity index (χ3v) is 3.90. The van der Waals surface area contributed by atoms with Crippen LogP contribution >= 0.6 is 0 Å². The molecule has 3 nitrogen and oxygen atoms in total. The number of benzene rings is 1. The average molecular weight is 245 g/mol. The number of rotatable bonds is 1. The van der Waals surface area contributed by atoms with Gasteiger partial charge in [-0.25, -0.2) is 0 Å². The maximum atomic E-state index is 12.3. The number of nitrogens with zero attached hydrogens (tertiary/aromatic N) is 1. The van der Waals surface area contributed by atoms with Gasteiger partial charge >= 0.3 is 0 Å². The zero-order valence-corrected chi connectivity index (χ0v) is 11.2.